The fourth-order valence-corrected chi connectivity index (χ4v) is 9.86. The number of benzene rings is 9. The third-order valence-corrected chi connectivity index (χ3v) is 12.3. The van der Waals surface area contributed by atoms with Gasteiger partial charge >= 0.3 is 0 Å². The van der Waals surface area contributed by atoms with Gasteiger partial charge in [-0.1, -0.05) is 115 Å². The maximum Gasteiger partial charge on any atom is 0.0971 e. The first-order valence-corrected chi connectivity index (χ1v) is 19.1. The van der Waals surface area contributed by atoms with Crippen LogP contribution in [0.3, 0.4) is 0 Å². The maximum atomic E-state index is 5.04. The number of aromatic nitrogens is 3. The van der Waals surface area contributed by atoms with Crippen molar-refractivity contribution >= 4 is 96.7 Å². The molecular formula is C50H29N3S. The summed E-state index contributed by atoms with van der Waals surface area (Å²) < 4.78 is 5.04. The second kappa shape index (κ2) is 11.3. The SMILES string of the molecule is c1ccc2cc3c(cc2c1)c1cc2ccccc2cc1n3-c1cc(-c2ccc(-c3ccc4c(c3)sc3ccccc34)c3nccnc23)c2ccccc2c1. The van der Waals surface area contributed by atoms with E-state index in [-0.39, 0.29) is 0 Å². The predicted molar refractivity (Wildman–Crippen MR) is 230 cm³/mol. The Labute approximate surface area is 314 Å². The Balaban J connectivity index is 1.12. The highest BCUT2D eigenvalue weighted by Gasteiger charge is 2.19. The number of fused-ring (bicyclic) bond motifs is 10. The second-order valence-electron chi connectivity index (χ2n) is 14.2. The van der Waals surface area contributed by atoms with Crippen molar-refractivity contribution in [1.82, 2.24) is 14.5 Å². The smallest absolute Gasteiger partial charge is 0.0971 e. The van der Waals surface area contributed by atoms with Gasteiger partial charge in [-0.15, -0.1) is 11.3 Å². The molecule has 0 spiro atoms. The molecule has 0 N–H and O–H groups in total. The van der Waals surface area contributed by atoms with E-state index in [0.717, 1.165) is 39.0 Å². The lowest BCUT2D eigenvalue weighted by atomic mass is 9.93. The van der Waals surface area contributed by atoms with E-state index >= 15 is 0 Å². The Morgan fingerprint density at radius 3 is 1.63 bits per heavy atom. The fourth-order valence-electron chi connectivity index (χ4n) is 8.71. The van der Waals surface area contributed by atoms with Crippen molar-refractivity contribution in [2.24, 2.45) is 0 Å². The van der Waals surface area contributed by atoms with Crippen molar-refractivity contribution in [2.45, 2.75) is 0 Å². The quantitative estimate of drug-likeness (QED) is 0.183. The first-order valence-electron chi connectivity index (χ1n) is 18.3. The number of thiophene rings is 1. The molecule has 12 rings (SSSR count). The molecule has 9 aromatic carbocycles. The summed E-state index contributed by atoms with van der Waals surface area (Å²) in [4.78, 5) is 10.0. The normalized spacial score (nSPS) is 12.1. The summed E-state index contributed by atoms with van der Waals surface area (Å²) in [5.41, 5.74) is 9.74. The van der Waals surface area contributed by atoms with Crippen LogP contribution in [0.25, 0.3) is 113 Å². The molecule has 0 fully saturated rings. The van der Waals surface area contributed by atoms with Crippen molar-refractivity contribution < 1.29 is 0 Å². The Morgan fingerprint density at radius 1 is 0.370 bits per heavy atom. The van der Waals surface area contributed by atoms with Gasteiger partial charge in [-0.2, -0.15) is 0 Å². The van der Waals surface area contributed by atoms with Crippen LogP contribution >= 0.6 is 11.3 Å². The largest absolute Gasteiger partial charge is 0.309 e. The molecule has 0 saturated heterocycles. The van der Waals surface area contributed by atoms with Gasteiger partial charge in [0.15, 0.2) is 0 Å². The second-order valence-corrected chi connectivity index (χ2v) is 15.3. The maximum absolute atomic E-state index is 5.04. The topological polar surface area (TPSA) is 30.7 Å². The minimum Gasteiger partial charge on any atom is -0.309 e. The minimum absolute atomic E-state index is 0.896. The lowest BCUT2D eigenvalue weighted by Gasteiger charge is -2.16. The van der Waals surface area contributed by atoms with Crippen molar-refractivity contribution in [2.75, 3.05) is 0 Å². The molecule has 0 atom stereocenters. The van der Waals surface area contributed by atoms with E-state index in [9.17, 15) is 0 Å². The minimum atomic E-state index is 0.896. The zero-order chi connectivity index (χ0) is 35.3. The molecule has 250 valence electrons. The molecule has 0 aliphatic heterocycles. The van der Waals surface area contributed by atoms with E-state index in [4.69, 9.17) is 9.97 Å². The molecule has 54 heavy (non-hydrogen) atoms. The van der Waals surface area contributed by atoms with Gasteiger partial charge in [0.05, 0.1) is 22.1 Å². The number of nitrogens with zero attached hydrogens (tertiary/aromatic N) is 3. The first kappa shape index (κ1) is 29.7. The van der Waals surface area contributed by atoms with Crippen LogP contribution in [0.2, 0.25) is 0 Å². The van der Waals surface area contributed by atoms with Crippen LogP contribution < -0.4 is 0 Å². The van der Waals surface area contributed by atoms with Gasteiger partial charge < -0.3 is 4.57 Å². The predicted octanol–water partition coefficient (Wildman–Crippen LogP) is 13.9. The van der Waals surface area contributed by atoms with E-state index < -0.39 is 0 Å². The van der Waals surface area contributed by atoms with E-state index in [2.05, 4.69) is 168 Å². The van der Waals surface area contributed by atoms with Crippen molar-refractivity contribution in [3.63, 3.8) is 0 Å². The van der Waals surface area contributed by atoms with Gasteiger partial charge in [0.1, 0.15) is 0 Å². The molecule has 0 amide bonds. The first-order chi connectivity index (χ1) is 26.7. The highest BCUT2D eigenvalue weighted by molar-refractivity contribution is 7.25. The standard InChI is InChI=1S/C50H29N3S/c1-3-11-32-26-45-43(24-30(32)9-1)44-25-31-10-2-4-12-33(31)27-46(44)53(45)36-23-34-13-5-6-14-37(34)42(29-36)41-20-19-38(49-50(41)52-22-21-51-49)35-17-18-40-39-15-7-8-16-47(39)54-48(40)28-35/h1-29H. The molecular weight excluding hydrogens is 675 g/mol. The van der Waals surface area contributed by atoms with Crippen LogP contribution in [-0.2, 0) is 0 Å². The third kappa shape index (κ3) is 4.35. The molecule has 0 unspecified atom stereocenters. The van der Waals surface area contributed by atoms with Crippen LogP contribution in [0.1, 0.15) is 0 Å². The van der Waals surface area contributed by atoms with Crippen molar-refractivity contribution in [3.05, 3.63) is 176 Å². The number of rotatable bonds is 3. The van der Waals surface area contributed by atoms with Gasteiger partial charge in [-0.05, 0) is 92.0 Å². The molecule has 0 saturated carbocycles. The van der Waals surface area contributed by atoms with E-state index in [1.807, 2.05) is 23.7 Å². The average Bonchev–Trinajstić information content (AvgIpc) is 3.75. The highest BCUT2D eigenvalue weighted by atomic mass is 32.1. The zero-order valence-electron chi connectivity index (χ0n) is 29.0. The Hall–Kier alpha value is -6.88. The van der Waals surface area contributed by atoms with Crippen molar-refractivity contribution in [3.8, 4) is 27.9 Å². The molecule has 4 heteroatoms. The molecule has 3 aromatic heterocycles. The zero-order valence-corrected chi connectivity index (χ0v) is 29.8. The van der Waals surface area contributed by atoms with Gasteiger partial charge in [0.2, 0.25) is 0 Å². The van der Waals surface area contributed by atoms with Gasteiger partial charge in [0.25, 0.3) is 0 Å². The number of hydrogen-bond donors (Lipinski definition) is 0. The monoisotopic (exact) mass is 703 g/mol. The summed E-state index contributed by atoms with van der Waals surface area (Å²) >= 11 is 1.84. The van der Waals surface area contributed by atoms with Crippen LogP contribution in [-0.4, -0.2) is 14.5 Å². The molecule has 12 aromatic rings. The lowest BCUT2D eigenvalue weighted by molar-refractivity contribution is 1.19. The fraction of sp³-hybridized carbons (Fsp3) is 0. The van der Waals surface area contributed by atoms with Gasteiger partial charge in [-0.25, -0.2) is 0 Å². The molecule has 0 aliphatic rings. The molecule has 3 nitrogen and oxygen atoms in total. The summed E-state index contributed by atoms with van der Waals surface area (Å²) in [6.07, 6.45) is 3.63. The molecule has 0 radical (unpaired) electrons. The van der Waals surface area contributed by atoms with Crippen LogP contribution in [0, 0.1) is 0 Å². The van der Waals surface area contributed by atoms with Crippen LogP contribution in [0.5, 0.6) is 0 Å². The number of hydrogen-bond acceptors (Lipinski definition) is 3. The van der Waals surface area contributed by atoms with Gasteiger partial charge in [0, 0.05) is 60.2 Å². The summed E-state index contributed by atoms with van der Waals surface area (Å²) in [5.74, 6) is 0. The Bertz CT molecular complexity index is 3420. The Kier molecular flexibility index (Phi) is 6.21. The lowest BCUT2D eigenvalue weighted by Crippen LogP contribution is -1.97. The summed E-state index contributed by atoms with van der Waals surface area (Å²) in [5, 5.41) is 12.4. The van der Waals surface area contributed by atoms with Gasteiger partial charge in [-0.3, -0.25) is 9.97 Å². The molecule has 0 aliphatic carbocycles. The van der Waals surface area contributed by atoms with Crippen molar-refractivity contribution in [1.29, 1.82) is 0 Å². The van der Waals surface area contributed by atoms with E-state index in [1.165, 1.54) is 74.3 Å². The van der Waals surface area contributed by atoms with Crippen LogP contribution in [0.15, 0.2) is 176 Å². The van der Waals surface area contributed by atoms with Crippen LogP contribution in [0.4, 0.5) is 0 Å². The Morgan fingerprint density at radius 2 is 0.926 bits per heavy atom. The summed E-state index contributed by atoms with van der Waals surface area (Å²) in [6.45, 7) is 0. The summed E-state index contributed by atoms with van der Waals surface area (Å²) in [6, 6.07) is 60.1. The third-order valence-electron chi connectivity index (χ3n) is 11.2. The average molecular weight is 704 g/mol. The van der Waals surface area contributed by atoms with E-state index in [0.29, 0.717) is 0 Å². The molecule has 0 bridgehead atoms. The molecule has 3 heterocycles. The van der Waals surface area contributed by atoms with E-state index in [1.54, 1.807) is 0 Å². The highest BCUT2D eigenvalue weighted by Crippen LogP contribution is 2.43. The summed E-state index contributed by atoms with van der Waals surface area (Å²) in [7, 11) is 0.